The van der Waals surface area contributed by atoms with E-state index >= 15 is 0 Å². The van der Waals surface area contributed by atoms with Crippen LogP contribution in [0.15, 0.2) is 34.9 Å². The molecule has 0 saturated carbocycles. The molecule has 2 atom stereocenters. The van der Waals surface area contributed by atoms with Gasteiger partial charge in [0.25, 0.3) is 5.91 Å². The predicted octanol–water partition coefficient (Wildman–Crippen LogP) is 2.58. The summed E-state index contributed by atoms with van der Waals surface area (Å²) in [5.41, 5.74) is 1.23. The number of hydrogen-bond donors (Lipinski definition) is 1. The van der Waals surface area contributed by atoms with Crippen molar-refractivity contribution in [1.29, 1.82) is 0 Å². The number of nitrogens with zero attached hydrogens (tertiary/aromatic N) is 2. The van der Waals surface area contributed by atoms with Crippen molar-refractivity contribution in [3.63, 3.8) is 0 Å². The van der Waals surface area contributed by atoms with Crippen LogP contribution < -0.4 is 4.74 Å². The third kappa shape index (κ3) is 3.28. The van der Waals surface area contributed by atoms with E-state index in [4.69, 9.17) is 9.15 Å². The molecule has 1 aromatic heterocycles. The van der Waals surface area contributed by atoms with E-state index in [1.807, 2.05) is 31.2 Å². The van der Waals surface area contributed by atoms with Gasteiger partial charge < -0.3 is 19.2 Å². The summed E-state index contributed by atoms with van der Waals surface area (Å²) in [5, 5.41) is 10.1. The Morgan fingerprint density at radius 2 is 2.33 bits per heavy atom. The number of amides is 1. The molecule has 128 valence electrons. The monoisotopic (exact) mass is 330 g/mol. The van der Waals surface area contributed by atoms with Crippen molar-refractivity contribution in [3.8, 4) is 5.75 Å². The van der Waals surface area contributed by atoms with Gasteiger partial charge in [0.15, 0.2) is 11.6 Å². The molecule has 1 saturated heterocycles. The summed E-state index contributed by atoms with van der Waals surface area (Å²) >= 11 is 0. The maximum Gasteiger partial charge on any atom is 0.276 e. The zero-order valence-electron chi connectivity index (χ0n) is 13.9. The molecule has 24 heavy (non-hydrogen) atoms. The summed E-state index contributed by atoms with van der Waals surface area (Å²) in [6.07, 6.45) is 2.96. The summed E-state index contributed by atoms with van der Waals surface area (Å²) in [7, 11) is 1.61. The quantitative estimate of drug-likeness (QED) is 0.912. The van der Waals surface area contributed by atoms with E-state index in [1.54, 1.807) is 12.0 Å². The summed E-state index contributed by atoms with van der Waals surface area (Å²) in [4.78, 5) is 18.7. The molecule has 1 N–H and O–H groups in total. The van der Waals surface area contributed by atoms with Crippen molar-refractivity contribution < 1.29 is 19.1 Å². The van der Waals surface area contributed by atoms with Crippen LogP contribution in [0.3, 0.4) is 0 Å². The number of ether oxygens (including phenoxy) is 1. The van der Waals surface area contributed by atoms with Gasteiger partial charge in [0.2, 0.25) is 0 Å². The van der Waals surface area contributed by atoms with Gasteiger partial charge >= 0.3 is 0 Å². The number of carbonyl (C=O) groups is 1. The maximum absolute atomic E-state index is 12.8. The molecule has 2 aromatic rings. The molecule has 1 aliphatic rings. The van der Waals surface area contributed by atoms with Crippen molar-refractivity contribution in [1.82, 2.24) is 9.88 Å². The van der Waals surface area contributed by atoms with Gasteiger partial charge in [0.1, 0.15) is 12.0 Å². The van der Waals surface area contributed by atoms with Gasteiger partial charge in [-0.15, -0.1) is 0 Å². The van der Waals surface area contributed by atoms with E-state index in [0.29, 0.717) is 24.4 Å². The number of aliphatic hydroxyl groups is 1. The van der Waals surface area contributed by atoms with Crippen LogP contribution in [-0.2, 0) is 6.42 Å². The fraction of sp³-hybridized carbons (Fsp3) is 0.444. The topological polar surface area (TPSA) is 75.8 Å². The number of β-amino-alcohol motifs (C(OH)–C–C–N with tert-alkyl or cyclic N) is 1. The standard InChI is InChI=1S/C18H22N2O4/c1-3-5-17-19-15(11-24-17)18(22)20-10-13(21)9-16(20)12-6-4-7-14(8-12)23-2/h4,6-8,11,13,16,21H,3,5,9-10H2,1-2H3/t13-,16-/m0/s1. The number of rotatable bonds is 5. The Labute approximate surface area is 141 Å². The second kappa shape index (κ2) is 7.05. The van der Waals surface area contributed by atoms with E-state index in [-0.39, 0.29) is 18.5 Å². The SMILES string of the molecule is CCCc1nc(C(=O)N2C[C@@H](O)C[C@H]2c2cccc(OC)c2)co1. The molecule has 0 aliphatic carbocycles. The highest BCUT2D eigenvalue weighted by Crippen LogP contribution is 2.34. The Kier molecular flexibility index (Phi) is 4.85. The molecular weight excluding hydrogens is 308 g/mol. The van der Waals surface area contributed by atoms with Gasteiger partial charge in [-0.1, -0.05) is 19.1 Å². The molecule has 0 spiro atoms. The molecule has 1 aliphatic heterocycles. The summed E-state index contributed by atoms with van der Waals surface area (Å²) < 4.78 is 10.6. The fourth-order valence-corrected chi connectivity index (χ4v) is 3.09. The van der Waals surface area contributed by atoms with Gasteiger partial charge in [-0.2, -0.15) is 0 Å². The molecule has 2 heterocycles. The number of oxazole rings is 1. The summed E-state index contributed by atoms with van der Waals surface area (Å²) in [6, 6.07) is 7.38. The van der Waals surface area contributed by atoms with E-state index in [9.17, 15) is 9.90 Å². The molecule has 6 nitrogen and oxygen atoms in total. The molecule has 3 rings (SSSR count). The zero-order chi connectivity index (χ0) is 17.1. The lowest BCUT2D eigenvalue weighted by atomic mass is 10.0. The number of carbonyl (C=O) groups excluding carboxylic acids is 1. The molecule has 1 amide bonds. The summed E-state index contributed by atoms with van der Waals surface area (Å²) in [5.74, 6) is 1.08. The molecule has 0 bridgehead atoms. The van der Waals surface area contributed by atoms with Gasteiger partial charge in [-0.25, -0.2) is 4.98 Å². The van der Waals surface area contributed by atoms with Gasteiger partial charge in [-0.05, 0) is 30.5 Å². The molecular formula is C18H22N2O4. The number of likely N-dealkylation sites (tertiary alicyclic amines) is 1. The van der Waals surface area contributed by atoms with Crippen molar-refractivity contribution >= 4 is 5.91 Å². The minimum atomic E-state index is -0.549. The van der Waals surface area contributed by atoms with E-state index in [1.165, 1.54) is 6.26 Å². The van der Waals surface area contributed by atoms with Crippen molar-refractivity contribution in [3.05, 3.63) is 47.7 Å². The lowest BCUT2D eigenvalue weighted by Crippen LogP contribution is -2.32. The predicted molar refractivity (Wildman–Crippen MR) is 87.9 cm³/mol. The van der Waals surface area contributed by atoms with Gasteiger partial charge in [0, 0.05) is 13.0 Å². The first-order valence-corrected chi connectivity index (χ1v) is 8.19. The Morgan fingerprint density at radius 3 is 3.08 bits per heavy atom. The van der Waals surface area contributed by atoms with Crippen molar-refractivity contribution in [2.24, 2.45) is 0 Å². The summed E-state index contributed by atoms with van der Waals surface area (Å²) in [6.45, 7) is 2.32. The normalized spacial score (nSPS) is 20.4. The minimum Gasteiger partial charge on any atom is -0.497 e. The maximum atomic E-state index is 12.8. The van der Waals surface area contributed by atoms with Crippen molar-refractivity contribution in [2.75, 3.05) is 13.7 Å². The van der Waals surface area contributed by atoms with E-state index in [2.05, 4.69) is 4.98 Å². The van der Waals surface area contributed by atoms with Crippen LogP contribution in [0.2, 0.25) is 0 Å². The van der Waals surface area contributed by atoms with Crippen LogP contribution in [0.25, 0.3) is 0 Å². The number of aryl methyl sites for hydroxylation is 1. The molecule has 6 heteroatoms. The largest absolute Gasteiger partial charge is 0.497 e. The van der Waals surface area contributed by atoms with Crippen LogP contribution in [0.1, 0.15) is 47.7 Å². The number of methoxy groups -OCH3 is 1. The Bertz CT molecular complexity index is 713. The average molecular weight is 330 g/mol. The van der Waals surface area contributed by atoms with Crippen molar-refractivity contribution in [2.45, 2.75) is 38.3 Å². The lowest BCUT2D eigenvalue weighted by molar-refractivity contribution is 0.0709. The van der Waals surface area contributed by atoms with Gasteiger partial charge in [0.05, 0.1) is 19.3 Å². The number of aliphatic hydroxyl groups excluding tert-OH is 1. The Balaban J connectivity index is 1.85. The van der Waals surface area contributed by atoms with E-state index < -0.39 is 6.10 Å². The fourth-order valence-electron chi connectivity index (χ4n) is 3.09. The van der Waals surface area contributed by atoms with E-state index in [0.717, 1.165) is 17.7 Å². The molecule has 1 fully saturated rings. The number of benzene rings is 1. The molecule has 0 unspecified atom stereocenters. The van der Waals surface area contributed by atoms with Crippen LogP contribution in [0.4, 0.5) is 0 Å². The Hall–Kier alpha value is -2.34. The van der Waals surface area contributed by atoms with Crippen LogP contribution >= 0.6 is 0 Å². The highest BCUT2D eigenvalue weighted by atomic mass is 16.5. The highest BCUT2D eigenvalue weighted by Gasteiger charge is 2.36. The number of aromatic nitrogens is 1. The van der Waals surface area contributed by atoms with Crippen LogP contribution in [0.5, 0.6) is 5.75 Å². The highest BCUT2D eigenvalue weighted by molar-refractivity contribution is 5.92. The molecule has 1 aromatic carbocycles. The third-order valence-corrected chi connectivity index (χ3v) is 4.25. The first kappa shape index (κ1) is 16.5. The first-order valence-electron chi connectivity index (χ1n) is 8.19. The van der Waals surface area contributed by atoms with Crippen LogP contribution in [-0.4, -0.2) is 40.7 Å². The minimum absolute atomic E-state index is 0.200. The number of hydrogen-bond acceptors (Lipinski definition) is 5. The first-order chi connectivity index (χ1) is 11.6. The van der Waals surface area contributed by atoms with Crippen LogP contribution in [0, 0.1) is 0 Å². The Morgan fingerprint density at radius 1 is 1.50 bits per heavy atom. The average Bonchev–Trinajstić information content (AvgIpc) is 3.21. The second-order valence-electron chi connectivity index (χ2n) is 6.02. The molecule has 0 radical (unpaired) electrons. The lowest BCUT2D eigenvalue weighted by Gasteiger charge is -2.24. The third-order valence-electron chi connectivity index (χ3n) is 4.25. The van der Waals surface area contributed by atoms with Gasteiger partial charge in [-0.3, -0.25) is 4.79 Å². The zero-order valence-corrected chi connectivity index (χ0v) is 13.9. The smallest absolute Gasteiger partial charge is 0.276 e. The second-order valence-corrected chi connectivity index (χ2v) is 6.02.